The standard InChI is InChI=1S/C40H38F2N6O2/c1-3-29-32(41)9-6-25-16-28(49)17-30(35(25)29)34-23(2)15-31-37(36(34)42)45-39(46-38(31)48-18-26-7-8-27(19-48)44-26)50-22-40(11-12-40)21-47-14-10-24-5-4-13-43-33(24)20-47/h1,4-6,9,13,15-17,26-27,44,49H,7-8,10-12,14,18-22H2,2H3. The Balaban J connectivity index is 1.11. The number of aromatic hydroxyl groups is 1. The number of pyridine rings is 1. The first-order valence-electron chi connectivity index (χ1n) is 17.5. The van der Waals surface area contributed by atoms with E-state index < -0.39 is 11.6 Å². The SMILES string of the molecule is C#Cc1c(F)ccc2cc(O)cc(-c3c(C)cc4c(N5CC6CCC(C5)N6)nc(OCC5(CN6CCc7cccnc7C6)CC5)nc4c3F)c12. The first-order chi connectivity index (χ1) is 24.3. The third-order valence-electron chi connectivity index (χ3n) is 11.1. The smallest absolute Gasteiger partial charge is 0.319 e. The molecule has 0 radical (unpaired) electrons. The molecule has 1 aliphatic carbocycles. The summed E-state index contributed by atoms with van der Waals surface area (Å²) >= 11 is 0. The van der Waals surface area contributed by atoms with E-state index in [0.717, 1.165) is 70.5 Å². The summed E-state index contributed by atoms with van der Waals surface area (Å²) in [5.41, 5.74) is 3.68. The summed E-state index contributed by atoms with van der Waals surface area (Å²) in [5.74, 6) is 1.84. The normalized spacial score (nSPS) is 21.0. The molecule has 8 nitrogen and oxygen atoms in total. The van der Waals surface area contributed by atoms with Gasteiger partial charge in [-0.3, -0.25) is 9.88 Å². The van der Waals surface area contributed by atoms with Crippen LogP contribution in [-0.4, -0.2) is 69.8 Å². The lowest BCUT2D eigenvalue weighted by molar-refractivity contribution is 0.144. The predicted molar refractivity (Wildman–Crippen MR) is 189 cm³/mol. The fourth-order valence-corrected chi connectivity index (χ4v) is 8.45. The summed E-state index contributed by atoms with van der Waals surface area (Å²) in [6.07, 6.45) is 12.9. The molecule has 2 N–H and O–H groups in total. The molecule has 0 amide bonds. The average molecular weight is 673 g/mol. The van der Waals surface area contributed by atoms with Crippen molar-refractivity contribution in [3.8, 4) is 35.2 Å². The van der Waals surface area contributed by atoms with Crippen molar-refractivity contribution >= 4 is 27.5 Å². The van der Waals surface area contributed by atoms with E-state index in [4.69, 9.17) is 21.1 Å². The molecule has 3 aromatic carbocycles. The second-order valence-electron chi connectivity index (χ2n) is 14.7. The topological polar surface area (TPSA) is 86.6 Å². The number of aryl methyl sites for hydroxylation is 1. The number of anilines is 1. The van der Waals surface area contributed by atoms with Crippen LogP contribution in [0.25, 0.3) is 32.8 Å². The number of nitrogens with one attached hydrogen (secondary N) is 1. The highest BCUT2D eigenvalue weighted by Gasteiger charge is 2.45. The summed E-state index contributed by atoms with van der Waals surface area (Å²) in [6, 6.07) is 12.6. The fraction of sp³-hybridized carbons (Fsp3) is 0.375. The van der Waals surface area contributed by atoms with Gasteiger partial charge in [0.2, 0.25) is 0 Å². The highest BCUT2D eigenvalue weighted by molar-refractivity contribution is 6.05. The van der Waals surface area contributed by atoms with Gasteiger partial charge in [0, 0.05) is 72.8 Å². The van der Waals surface area contributed by atoms with E-state index >= 15 is 4.39 Å². The third-order valence-corrected chi connectivity index (χ3v) is 11.1. The van der Waals surface area contributed by atoms with Crippen LogP contribution in [0, 0.1) is 36.3 Å². The van der Waals surface area contributed by atoms with Crippen LogP contribution >= 0.6 is 0 Å². The number of halogens is 2. The second-order valence-corrected chi connectivity index (χ2v) is 14.7. The van der Waals surface area contributed by atoms with Gasteiger partial charge in [-0.2, -0.15) is 9.97 Å². The minimum absolute atomic E-state index is 0.0165. The molecule has 0 spiro atoms. The molecule has 2 unspecified atom stereocenters. The van der Waals surface area contributed by atoms with Crippen molar-refractivity contribution in [3.63, 3.8) is 0 Å². The molecule has 1 saturated carbocycles. The Morgan fingerprint density at radius 3 is 2.70 bits per heavy atom. The Labute approximate surface area is 289 Å². The molecule has 3 aliphatic heterocycles. The molecule has 254 valence electrons. The molecule has 2 aromatic heterocycles. The maximum absolute atomic E-state index is 17.2. The van der Waals surface area contributed by atoms with E-state index in [1.165, 1.54) is 23.8 Å². The number of ether oxygens (including phenoxy) is 1. The lowest BCUT2D eigenvalue weighted by Gasteiger charge is -2.34. The number of rotatable bonds is 7. The number of phenolic OH excluding ortho intramolecular Hbond substituents is 1. The molecule has 9 rings (SSSR count). The number of phenols is 1. The molecule has 3 fully saturated rings. The molecule has 2 saturated heterocycles. The van der Waals surface area contributed by atoms with Crippen LogP contribution < -0.4 is 15.0 Å². The molecule has 2 atom stereocenters. The van der Waals surface area contributed by atoms with Gasteiger partial charge in [0.25, 0.3) is 0 Å². The lowest BCUT2D eigenvalue weighted by atomic mass is 9.90. The zero-order valence-electron chi connectivity index (χ0n) is 28.0. The van der Waals surface area contributed by atoms with Crippen molar-refractivity contribution in [3.05, 3.63) is 82.7 Å². The van der Waals surface area contributed by atoms with Crippen LogP contribution in [0.4, 0.5) is 14.6 Å². The van der Waals surface area contributed by atoms with Gasteiger partial charge >= 0.3 is 6.01 Å². The molecule has 10 heteroatoms. The van der Waals surface area contributed by atoms with E-state index in [2.05, 4.69) is 32.1 Å². The van der Waals surface area contributed by atoms with Crippen LogP contribution in [0.2, 0.25) is 0 Å². The van der Waals surface area contributed by atoms with Crippen molar-refractivity contribution in [2.75, 3.05) is 37.7 Å². The van der Waals surface area contributed by atoms with Gasteiger partial charge in [0.15, 0.2) is 5.82 Å². The van der Waals surface area contributed by atoms with Crippen LogP contribution in [0.1, 0.15) is 48.1 Å². The first-order valence-corrected chi connectivity index (χ1v) is 17.5. The largest absolute Gasteiger partial charge is 0.508 e. The minimum Gasteiger partial charge on any atom is -0.508 e. The van der Waals surface area contributed by atoms with Crippen LogP contribution in [0.15, 0.2) is 48.7 Å². The summed E-state index contributed by atoms with van der Waals surface area (Å²) in [7, 11) is 0. The van der Waals surface area contributed by atoms with E-state index in [9.17, 15) is 9.50 Å². The first kappa shape index (κ1) is 31.2. The minimum atomic E-state index is -0.591. The molecule has 50 heavy (non-hydrogen) atoms. The number of nitrogens with zero attached hydrogens (tertiary/aromatic N) is 5. The number of terminal acetylenes is 1. The molecule has 4 aliphatic rings. The van der Waals surface area contributed by atoms with Crippen molar-refractivity contribution < 1.29 is 18.6 Å². The zero-order valence-corrected chi connectivity index (χ0v) is 28.0. The highest BCUT2D eigenvalue weighted by atomic mass is 19.1. The number of hydrogen-bond donors (Lipinski definition) is 2. The van der Waals surface area contributed by atoms with Gasteiger partial charge in [-0.15, -0.1) is 6.42 Å². The van der Waals surface area contributed by atoms with Crippen LogP contribution in [-0.2, 0) is 13.0 Å². The maximum atomic E-state index is 17.2. The summed E-state index contributed by atoms with van der Waals surface area (Å²) in [5, 5.41) is 15.8. The summed E-state index contributed by atoms with van der Waals surface area (Å²) in [6.45, 7) is 6.43. The Hall–Kier alpha value is -4.85. The molecule has 5 heterocycles. The third kappa shape index (κ3) is 5.40. The molecule has 2 bridgehead atoms. The number of fused-ring (bicyclic) bond motifs is 5. The average Bonchev–Trinajstić information content (AvgIpc) is 3.80. The number of hydrogen-bond acceptors (Lipinski definition) is 8. The van der Waals surface area contributed by atoms with Crippen molar-refractivity contribution in [2.45, 2.75) is 57.7 Å². The second kappa shape index (κ2) is 11.9. The van der Waals surface area contributed by atoms with Crippen molar-refractivity contribution in [1.29, 1.82) is 0 Å². The lowest BCUT2D eigenvalue weighted by Crippen LogP contribution is -2.51. The quantitative estimate of drug-likeness (QED) is 0.196. The highest BCUT2D eigenvalue weighted by Crippen LogP contribution is 2.47. The molecule has 5 aromatic rings. The zero-order chi connectivity index (χ0) is 34.1. The number of aromatic nitrogens is 3. The van der Waals surface area contributed by atoms with Crippen molar-refractivity contribution in [2.24, 2.45) is 5.41 Å². The van der Waals surface area contributed by atoms with E-state index in [0.29, 0.717) is 51.8 Å². The van der Waals surface area contributed by atoms with E-state index in [1.807, 2.05) is 25.3 Å². The van der Waals surface area contributed by atoms with Gasteiger partial charge in [-0.1, -0.05) is 18.1 Å². The Morgan fingerprint density at radius 2 is 1.92 bits per heavy atom. The van der Waals surface area contributed by atoms with Gasteiger partial charge in [0.05, 0.1) is 17.9 Å². The van der Waals surface area contributed by atoms with Gasteiger partial charge < -0.3 is 20.1 Å². The van der Waals surface area contributed by atoms with Crippen molar-refractivity contribution in [1.82, 2.24) is 25.2 Å². The molecular formula is C40H38F2N6O2. The van der Waals surface area contributed by atoms with Gasteiger partial charge in [0.1, 0.15) is 22.9 Å². The Kier molecular flexibility index (Phi) is 7.41. The Bertz CT molecular complexity index is 2220. The van der Waals surface area contributed by atoms with Gasteiger partial charge in [-0.05, 0) is 91.4 Å². The maximum Gasteiger partial charge on any atom is 0.319 e. The van der Waals surface area contributed by atoms with Gasteiger partial charge in [-0.25, -0.2) is 8.78 Å². The number of piperazine rings is 1. The Morgan fingerprint density at radius 1 is 1.10 bits per heavy atom. The summed E-state index contributed by atoms with van der Waals surface area (Å²) in [4.78, 5) is 19.0. The van der Waals surface area contributed by atoms with Crippen LogP contribution in [0.3, 0.4) is 0 Å². The van der Waals surface area contributed by atoms with E-state index in [1.54, 1.807) is 6.07 Å². The van der Waals surface area contributed by atoms with E-state index in [-0.39, 0.29) is 33.8 Å². The van der Waals surface area contributed by atoms with Crippen LogP contribution in [0.5, 0.6) is 11.8 Å². The predicted octanol–water partition coefficient (Wildman–Crippen LogP) is 6.28. The monoisotopic (exact) mass is 672 g/mol. The summed E-state index contributed by atoms with van der Waals surface area (Å²) < 4.78 is 38.6. The number of benzene rings is 3. The molecular weight excluding hydrogens is 634 g/mol. The fourth-order valence-electron chi connectivity index (χ4n) is 8.45.